The normalized spacial score (nSPS) is 19.3. The Morgan fingerprint density at radius 3 is 2.54 bits per heavy atom. The Bertz CT molecular complexity index is 585. The number of hydrogen-bond donors (Lipinski definition) is 4. The molecule has 1 saturated heterocycles. The largest absolute Gasteiger partial charge is 0.480 e. The minimum Gasteiger partial charge on any atom is -0.480 e. The molecule has 4 N–H and O–H groups in total. The summed E-state index contributed by atoms with van der Waals surface area (Å²) in [7, 11) is 0. The summed E-state index contributed by atoms with van der Waals surface area (Å²) in [6.07, 6.45) is 1.86. The van der Waals surface area contributed by atoms with E-state index in [9.17, 15) is 19.5 Å². The van der Waals surface area contributed by atoms with E-state index in [0.29, 0.717) is 0 Å². The van der Waals surface area contributed by atoms with Crippen LogP contribution < -0.4 is 16.0 Å². The molecule has 1 fully saturated rings. The molecule has 0 radical (unpaired) electrons. The minimum atomic E-state index is -1.11. The maximum Gasteiger partial charge on any atom is 0.326 e. The van der Waals surface area contributed by atoms with Crippen molar-refractivity contribution >= 4 is 17.8 Å². The van der Waals surface area contributed by atoms with Crippen molar-refractivity contribution in [2.24, 2.45) is 0 Å². The predicted octanol–water partition coefficient (Wildman–Crippen LogP) is 0.0552. The maximum absolute atomic E-state index is 12.2. The predicted molar refractivity (Wildman–Crippen MR) is 88.3 cm³/mol. The molecule has 1 aromatic carbocycles. The van der Waals surface area contributed by atoms with Crippen molar-refractivity contribution < 1.29 is 19.5 Å². The number of aliphatic carboxylic acids is 1. The van der Waals surface area contributed by atoms with Crippen LogP contribution in [0.25, 0.3) is 0 Å². The Morgan fingerprint density at radius 2 is 1.96 bits per heavy atom. The van der Waals surface area contributed by atoms with Gasteiger partial charge >= 0.3 is 5.97 Å². The van der Waals surface area contributed by atoms with Crippen molar-refractivity contribution in [3.8, 4) is 0 Å². The second-order valence-corrected chi connectivity index (χ2v) is 5.97. The topological polar surface area (TPSA) is 108 Å². The molecule has 1 aliphatic heterocycles. The molecule has 7 nitrogen and oxygen atoms in total. The van der Waals surface area contributed by atoms with Crippen LogP contribution in [0.5, 0.6) is 0 Å². The Kier molecular flexibility index (Phi) is 6.31. The van der Waals surface area contributed by atoms with Crippen LogP contribution in [0.15, 0.2) is 30.3 Å². The van der Waals surface area contributed by atoms with E-state index >= 15 is 0 Å². The first-order valence-corrected chi connectivity index (χ1v) is 8.08. The van der Waals surface area contributed by atoms with Crippen LogP contribution in [-0.2, 0) is 20.8 Å². The fourth-order valence-electron chi connectivity index (χ4n) is 2.63. The lowest BCUT2D eigenvalue weighted by atomic mass is 10.1. The molecule has 24 heavy (non-hydrogen) atoms. The highest BCUT2D eigenvalue weighted by molar-refractivity contribution is 5.91. The average Bonchev–Trinajstić information content (AvgIpc) is 3.09. The third-order valence-corrected chi connectivity index (χ3v) is 4.03. The highest BCUT2D eigenvalue weighted by Gasteiger charge is 2.27. The smallest absolute Gasteiger partial charge is 0.326 e. The summed E-state index contributed by atoms with van der Waals surface area (Å²) in [5, 5.41) is 17.5. The molecular weight excluding hydrogens is 310 g/mol. The Labute approximate surface area is 140 Å². The number of carbonyl (C=O) groups is 3. The van der Waals surface area contributed by atoms with E-state index in [-0.39, 0.29) is 18.4 Å². The molecule has 3 atom stereocenters. The van der Waals surface area contributed by atoms with Gasteiger partial charge < -0.3 is 21.1 Å². The third-order valence-electron chi connectivity index (χ3n) is 4.03. The Morgan fingerprint density at radius 1 is 1.25 bits per heavy atom. The van der Waals surface area contributed by atoms with Crippen molar-refractivity contribution in [3.63, 3.8) is 0 Å². The molecular formula is C17H23N3O4. The molecule has 1 aliphatic rings. The van der Waals surface area contributed by atoms with E-state index in [1.165, 1.54) is 0 Å². The third kappa shape index (κ3) is 5.06. The minimum absolute atomic E-state index is 0.187. The van der Waals surface area contributed by atoms with Crippen molar-refractivity contribution in [3.05, 3.63) is 35.9 Å². The second kappa shape index (κ2) is 8.44. The number of carbonyl (C=O) groups excluding carboxylic acids is 2. The van der Waals surface area contributed by atoms with Gasteiger partial charge in [0, 0.05) is 6.42 Å². The number of hydrogen-bond acceptors (Lipinski definition) is 4. The average molecular weight is 333 g/mol. The number of carboxylic acid groups (broad SMARTS) is 1. The lowest BCUT2D eigenvalue weighted by Crippen LogP contribution is -2.53. The van der Waals surface area contributed by atoms with Crippen molar-refractivity contribution in [2.45, 2.75) is 44.3 Å². The summed E-state index contributed by atoms with van der Waals surface area (Å²) >= 11 is 0. The molecule has 0 bridgehead atoms. The number of amides is 2. The van der Waals surface area contributed by atoms with Crippen LogP contribution in [0.2, 0.25) is 0 Å². The summed E-state index contributed by atoms with van der Waals surface area (Å²) in [5.74, 6) is -1.85. The van der Waals surface area contributed by atoms with Crippen molar-refractivity contribution in [1.82, 2.24) is 16.0 Å². The number of carboxylic acids is 1. The van der Waals surface area contributed by atoms with E-state index in [1.807, 2.05) is 18.2 Å². The van der Waals surface area contributed by atoms with Crippen LogP contribution in [0, 0.1) is 0 Å². The van der Waals surface area contributed by atoms with Gasteiger partial charge in [-0.2, -0.15) is 0 Å². The van der Waals surface area contributed by atoms with Gasteiger partial charge in [0.1, 0.15) is 12.1 Å². The standard InChI is InChI=1S/C17H23N3O4/c1-11(19-16(22)13-8-5-9-18-13)15(21)20-14(17(23)24)10-12-6-3-2-4-7-12/h2-4,6-7,11,13-14,18H,5,8-10H2,1H3,(H,19,22)(H,20,21)(H,23,24)/t11-,13-,14-/m0/s1. The molecule has 1 heterocycles. The zero-order chi connectivity index (χ0) is 17.5. The van der Waals surface area contributed by atoms with Gasteiger partial charge in [0.15, 0.2) is 0 Å². The van der Waals surface area contributed by atoms with Gasteiger partial charge in [-0.3, -0.25) is 9.59 Å². The molecule has 0 aromatic heterocycles. The molecule has 2 amide bonds. The summed E-state index contributed by atoms with van der Waals surface area (Å²) in [5.41, 5.74) is 0.817. The highest BCUT2D eigenvalue weighted by atomic mass is 16.4. The number of benzene rings is 1. The Balaban J connectivity index is 1.89. The number of rotatable bonds is 7. The van der Waals surface area contributed by atoms with Gasteiger partial charge in [-0.05, 0) is 31.9 Å². The fourth-order valence-corrected chi connectivity index (χ4v) is 2.63. The lowest BCUT2D eigenvalue weighted by Gasteiger charge is -2.20. The molecule has 2 rings (SSSR count). The highest BCUT2D eigenvalue weighted by Crippen LogP contribution is 2.06. The fraction of sp³-hybridized carbons (Fsp3) is 0.471. The van der Waals surface area contributed by atoms with E-state index < -0.39 is 24.0 Å². The molecule has 7 heteroatoms. The quantitative estimate of drug-likeness (QED) is 0.564. The molecule has 130 valence electrons. The van der Waals surface area contributed by atoms with E-state index in [2.05, 4.69) is 16.0 Å². The van der Waals surface area contributed by atoms with Gasteiger partial charge in [-0.1, -0.05) is 30.3 Å². The molecule has 0 spiro atoms. The summed E-state index contributed by atoms with van der Waals surface area (Å²) in [6.45, 7) is 2.33. The van der Waals surface area contributed by atoms with Crippen molar-refractivity contribution in [2.75, 3.05) is 6.54 Å². The molecule has 0 saturated carbocycles. The van der Waals surface area contributed by atoms with Gasteiger partial charge in [0.05, 0.1) is 6.04 Å². The van der Waals surface area contributed by atoms with Crippen LogP contribution >= 0.6 is 0 Å². The summed E-state index contributed by atoms with van der Waals surface area (Å²) < 4.78 is 0. The second-order valence-electron chi connectivity index (χ2n) is 5.97. The zero-order valence-corrected chi connectivity index (χ0v) is 13.6. The number of nitrogens with one attached hydrogen (secondary N) is 3. The van der Waals surface area contributed by atoms with Crippen LogP contribution in [-0.4, -0.2) is 47.6 Å². The monoisotopic (exact) mass is 333 g/mol. The first-order valence-electron chi connectivity index (χ1n) is 8.08. The van der Waals surface area contributed by atoms with Crippen LogP contribution in [0.4, 0.5) is 0 Å². The van der Waals surface area contributed by atoms with E-state index in [1.54, 1.807) is 19.1 Å². The zero-order valence-electron chi connectivity index (χ0n) is 13.6. The van der Waals surface area contributed by atoms with Gasteiger partial charge in [0.2, 0.25) is 11.8 Å². The Hall–Kier alpha value is -2.41. The molecule has 0 unspecified atom stereocenters. The summed E-state index contributed by atoms with van der Waals surface area (Å²) in [4.78, 5) is 35.6. The van der Waals surface area contributed by atoms with E-state index in [0.717, 1.165) is 24.9 Å². The van der Waals surface area contributed by atoms with Crippen LogP contribution in [0.3, 0.4) is 0 Å². The lowest BCUT2D eigenvalue weighted by molar-refractivity contribution is -0.142. The van der Waals surface area contributed by atoms with Crippen molar-refractivity contribution in [1.29, 1.82) is 0 Å². The molecule has 1 aromatic rings. The molecule has 0 aliphatic carbocycles. The first-order chi connectivity index (χ1) is 11.5. The van der Waals surface area contributed by atoms with Gasteiger partial charge in [-0.15, -0.1) is 0 Å². The van der Waals surface area contributed by atoms with Gasteiger partial charge in [0.25, 0.3) is 0 Å². The van der Waals surface area contributed by atoms with Gasteiger partial charge in [-0.25, -0.2) is 4.79 Å². The SMILES string of the molecule is C[C@H](NC(=O)[C@@H]1CCCN1)C(=O)N[C@@H](Cc1ccccc1)C(=O)O. The summed E-state index contributed by atoms with van der Waals surface area (Å²) in [6, 6.07) is 6.97. The van der Waals surface area contributed by atoms with E-state index in [4.69, 9.17) is 0 Å². The van der Waals surface area contributed by atoms with Crippen LogP contribution in [0.1, 0.15) is 25.3 Å². The first kappa shape index (κ1) is 17.9. The maximum atomic E-state index is 12.2.